The van der Waals surface area contributed by atoms with Gasteiger partial charge in [-0.05, 0) is 75.7 Å². The number of aryl methyl sites for hydroxylation is 1. The summed E-state index contributed by atoms with van der Waals surface area (Å²) in [6.07, 6.45) is 5.01. The Kier molecular flexibility index (Phi) is 8.27. The molecule has 3 saturated carbocycles. The molecule has 1 aromatic heterocycles. The van der Waals surface area contributed by atoms with Gasteiger partial charge in [0.2, 0.25) is 11.2 Å². The number of pyridine rings is 1. The van der Waals surface area contributed by atoms with Gasteiger partial charge in [0.1, 0.15) is 17.0 Å². The number of benzene rings is 1. The Hall–Kier alpha value is -3.74. The molecule has 10 nitrogen and oxygen atoms in total. The van der Waals surface area contributed by atoms with E-state index in [9.17, 15) is 29.4 Å². The number of nitrogens with zero attached hydrogens (tertiary/aromatic N) is 2. The molecule has 7 rings (SSSR count). The average Bonchev–Trinajstić information content (AvgIpc) is 3.29. The number of carbonyl (C=O) groups is 3. The molecule has 1 saturated heterocycles. The lowest BCUT2D eigenvalue weighted by molar-refractivity contribution is -0.219. The van der Waals surface area contributed by atoms with E-state index < -0.39 is 75.6 Å². The number of rotatable bonds is 6. The molecule has 0 amide bonds. The molecule has 1 aliphatic heterocycles. The Morgan fingerprint density at radius 1 is 1.14 bits per heavy atom. The second kappa shape index (κ2) is 11.9. The lowest BCUT2D eigenvalue weighted by atomic mass is 9.44. The second-order valence-electron chi connectivity index (χ2n) is 15.4. The van der Waals surface area contributed by atoms with Gasteiger partial charge in [-0.25, -0.2) is 13.6 Å². The largest absolute Gasteiger partial charge is 0.454 e. The Bertz CT molecular complexity index is 1920. The molecule has 2 aromatic rings. The molecule has 3 N–H and O–H groups in total. The quantitative estimate of drug-likeness (QED) is 0.388. The normalized spacial score (nSPS) is 36.4. The molecule has 268 valence electrons. The SMILES string of the molecule is CCn1cc(C(=O)OCC(=O)[C@@]2(O)[C@H](C)C[C@H]3[C@@H]4CCC5=CC(=O)C=C[C@]5(C)[C@@]4(F)[C@@H](O)C[C@@]32C)c(=O)c2cc(F)c(N3CCNCC3)cc21. The van der Waals surface area contributed by atoms with Crippen molar-refractivity contribution in [2.24, 2.45) is 28.6 Å². The number of hydrogen-bond acceptors (Lipinski definition) is 9. The fourth-order valence-corrected chi connectivity index (χ4v) is 10.4. The maximum absolute atomic E-state index is 17.5. The predicted octanol–water partition coefficient (Wildman–Crippen LogP) is 3.64. The topological polar surface area (TPSA) is 138 Å². The van der Waals surface area contributed by atoms with Crippen LogP contribution in [-0.4, -0.2) is 82.5 Å². The number of ether oxygens (including phenoxy) is 1. The van der Waals surface area contributed by atoms with Gasteiger partial charge in [0.25, 0.3) is 0 Å². The Morgan fingerprint density at radius 2 is 1.86 bits per heavy atom. The van der Waals surface area contributed by atoms with Crippen LogP contribution in [0, 0.1) is 34.4 Å². The molecule has 5 aliphatic rings. The molecule has 0 unspecified atom stereocenters. The van der Waals surface area contributed by atoms with E-state index in [2.05, 4.69) is 5.32 Å². The van der Waals surface area contributed by atoms with E-state index in [0.29, 0.717) is 68.8 Å². The molecule has 4 aliphatic carbocycles. The van der Waals surface area contributed by atoms with Crippen molar-refractivity contribution in [1.82, 2.24) is 9.88 Å². The highest BCUT2D eigenvalue weighted by Gasteiger charge is 2.75. The number of aliphatic hydroxyl groups excluding tert-OH is 1. The maximum Gasteiger partial charge on any atom is 0.344 e. The van der Waals surface area contributed by atoms with Crippen LogP contribution in [0.5, 0.6) is 0 Å². The number of piperazine rings is 1. The van der Waals surface area contributed by atoms with Crippen LogP contribution in [0.3, 0.4) is 0 Å². The summed E-state index contributed by atoms with van der Waals surface area (Å²) in [4.78, 5) is 55.0. The summed E-state index contributed by atoms with van der Waals surface area (Å²) >= 11 is 0. The van der Waals surface area contributed by atoms with Crippen LogP contribution < -0.4 is 15.6 Å². The van der Waals surface area contributed by atoms with Crippen molar-refractivity contribution in [1.29, 1.82) is 0 Å². The number of hydrogen-bond donors (Lipinski definition) is 3. The monoisotopic (exact) mass is 693 g/mol. The number of carbonyl (C=O) groups excluding carboxylic acids is 3. The smallest absolute Gasteiger partial charge is 0.344 e. The minimum absolute atomic E-state index is 0.00432. The number of aromatic nitrogens is 1. The number of fused-ring (bicyclic) bond motifs is 6. The standard InChI is InChI=1S/C38H45F2N3O7/c1-5-42-19-25(33(47)24-16-28(39)30(17-29(24)42)43-12-10-41-11-13-43)34(48)50-20-32(46)38(49)21(2)14-27-26-7-6-22-15-23(44)8-9-35(22,3)37(26,40)31(45)18-36(27,38)4/h8-9,15-17,19,21,26-27,31,41,45,49H,5-7,10-14,18,20H2,1-4H3/t21-,26+,27+,31+,35+,36+,37+,38+/m1/s1. The van der Waals surface area contributed by atoms with E-state index in [1.807, 2.05) is 11.8 Å². The molecule has 50 heavy (non-hydrogen) atoms. The van der Waals surface area contributed by atoms with Crippen molar-refractivity contribution in [3.63, 3.8) is 0 Å². The average molecular weight is 694 g/mol. The van der Waals surface area contributed by atoms with Crippen molar-refractivity contribution in [2.45, 2.75) is 77.3 Å². The van der Waals surface area contributed by atoms with E-state index in [-0.39, 0.29) is 23.2 Å². The van der Waals surface area contributed by atoms with Crippen molar-refractivity contribution in [3.05, 3.63) is 63.7 Å². The number of nitrogens with one attached hydrogen (secondary N) is 1. The van der Waals surface area contributed by atoms with Crippen LogP contribution in [0.4, 0.5) is 14.5 Å². The molecule has 12 heteroatoms. The summed E-state index contributed by atoms with van der Waals surface area (Å²) in [5.41, 5.74) is -6.29. The van der Waals surface area contributed by atoms with Crippen LogP contribution in [0.1, 0.15) is 63.7 Å². The Labute approximate surface area is 289 Å². The third-order valence-electron chi connectivity index (χ3n) is 13.1. The van der Waals surface area contributed by atoms with E-state index in [0.717, 1.165) is 6.07 Å². The van der Waals surface area contributed by atoms with Crippen molar-refractivity contribution in [2.75, 3.05) is 37.7 Å². The van der Waals surface area contributed by atoms with Crippen molar-refractivity contribution < 1.29 is 38.1 Å². The molecular weight excluding hydrogens is 648 g/mol. The van der Waals surface area contributed by atoms with Crippen LogP contribution in [0.15, 0.2) is 46.9 Å². The zero-order chi connectivity index (χ0) is 36.0. The third kappa shape index (κ3) is 4.66. The zero-order valence-corrected chi connectivity index (χ0v) is 28.9. The number of ketones is 2. The number of allylic oxidation sites excluding steroid dienone is 4. The van der Waals surface area contributed by atoms with Crippen LogP contribution in [0.2, 0.25) is 0 Å². The molecular formula is C38H45F2N3O7. The van der Waals surface area contributed by atoms with Gasteiger partial charge in [0, 0.05) is 61.1 Å². The molecule has 2 heterocycles. The van der Waals surface area contributed by atoms with Gasteiger partial charge in [-0.2, -0.15) is 0 Å². The highest BCUT2D eigenvalue weighted by atomic mass is 19.1. The maximum atomic E-state index is 17.5. The fraction of sp³-hybridized carbons (Fsp3) is 0.579. The first-order valence-corrected chi connectivity index (χ1v) is 17.7. The number of anilines is 1. The molecule has 0 radical (unpaired) electrons. The summed E-state index contributed by atoms with van der Waals surface area (Å²) in [6.45, 7) is 9.05. The molecule has 4 fully saturated rings. The fourth-order valence-electron chi connectivity index (χ4n) is 10.4. The third-order valence-corrected chi connectivity index (χ3v) is 13.1. The van der Waals surface area contributed by atoms with Gasteiger partial charge in [-0.15, -0.1) is 0 Å². The highest BCUT2D eigenvalue weighted by Crippen LogP contribution is 2.70. The first-order chi connectivity index (χ1) is 23.6. The van der Waals surface area contributed by atoms with E-state index in [1.54, 1.807) is 37.5 Å². The number of esters is 1. The van der Waals surface area contributed by atoms with Gasteiger partial charge < -0.3 is 29.7 Å². The molecule has 0 bridgehead atoms. The van der Waals surface area contributed by atoms with Crippen LogP contribution in [-0.2, 0) is 20.9 Å². The number of alkyl halides is 1. The van der Waals surface area contributed by atoms with Gasteiger partial charge in [0.05, 0.1) is 17.3 Å². The zero-order valence-electron chi connectivity index (χ0n) is 28.9. The van der Waals surface area contributed by atoms with E-state index in [1.165, 1.54) is 18.3 Å². The molecule has 8 atom stereocenters. The van der Waals surface area contributed by atoms with E-state index >= 15 is 8.78 Å². The first kappa shape index (κ1) is 34.7. The minimum Gasteiger partial charge on any atom is -0.454 e. The summed E-state index contributed by atoms with van der Waals surface area (Å²) in [5.74, 6) is -4.53. The van der Waals surface area contributed by atoms with Gasteiger partial charge in [-0.1, -0.05) is 25.5 Å². The summed E-state index contributed by atoms with van der Waals surface area (Å²) < 4.78 is 39.9. The van der Waals surface area contributed by atoms with Gasteiger partial charge >= 0.3 is 5.97 Å². The first-order valence-electron chi connectivity index (χ1n) is 17.7. The van der Waals surface area contributed by atoms with Crippen LogP contribution >= 0.6 is 0 Å². The molecule has 1 aromatic carbocycles. The number of halogens is 2. The number of aliphatic hydroxyl groups is 2. The Morgan fingerprint density at radius 3 is 2.56 bits per heavy atom. The van der Waals surface area contributed by atoms with Gasteiger partial charge in [0.15, 0.2) is 18.1 Å². The van der Waals surface area contributed by atoms with Crippen molar-refractivity contribution in [3.8, 4) is 0 Å². The lowest BCUT2D eigenvalue weighted by Gasteiger charge is -2.62. The summed E-state index contributed by atoms with van der Waals surface area (Å²) in [7, 11) is 0. The lowest BCUT2D eigenvalue weighted by Crippen LogP contribution is -2.69. The summed E-state index contributed by atoms with van der Waals surface area (Å²) in [5, 5.41) is 27.1. The second-order valence-corrected chi connectivity index (χ2v) is 15.4. The minimum atomic E-state index is -2.13. The van der Waals surface area contributed by atoms with Crippen molar-refractivity contribution >= 4 is 34.1 Å². The van der Waals surface area contributed by atoms with Crippen LogP contribution in [0.25, 0.3) is 10.9 Å². The predicted molar refractivity (Wildman–Crippen MR) is 182 cm³/mol. The highest BCUT2D eigenvalue weighted by molar-refractivity contribution is 6.01. The Balaban J connectivity index is 1.14. The summed E-state index contributed by atoms with van der Waals surface area (Å²) in [6, 6.07) is 2.75. The van der Waals surface area contributed by atoms with Gasteiger partial charge in [-0.3, -0.25) is 14.4 Å². The number of Topliss-reactive ketones (excluding diaryl/α,β-unsaturated/α-hetero) is 1. The molecule has 0 spiro atoms. The van der Waals surface area contributed by atoms with E-state index in [4.69, 9.17) is 4.74 Å².